The van der Waals surface area contributed by atoms with Gasteiger partial charge in [-0.2, -0.15) is 0 Å². The van der Waals surface area contributed by atoms with Crippen LogP contribution in [0.25, 0.3) is 0 Å². The number of nitrogens with one attached hydrogen (secondary N) is 2. The highest BCUT2D eigenvalue weighted by Crippen LogP contribution is 2.14. The third-order valence-electron chi connectivity index (χ3n) is 2.58. The van der Waals surface area contributed by atoms with E-state index in [1.54, 1.807) is 19.0 Å². The lowest BCUT2D eigenvalue weighted by Crippen LogP contribution is -2.49. The van der Waals surface area contributed by atoms with Crippen LogP contribution in [0.1, 0.15) is 40.0 Å². The molecule has 0 bridgehead atoms. The molecule has 100 valence electrons. The predicted molar refractivity (Wildman–Crippen MR) is 68.8 cm³/mol. The molecule has 0 radical (unpaired) electrons. The van der Waals surface area contributed by atoms with Crippen LogP contribution < -0.4 is 10.6 Å². The van der Waals surface area contributed by atoms with E-state index in [1.807, 2.05) is 20.8 Å². The number of unbranched alkanes of at least 4 members (excludes halogenated alkanes) is 1. The van der Waals surface area contributed by atoms with Gasteiger partial charge in [-0.1, -0.05) is 0 Å². The molecule has 0 rings (SSSR count). The number of carbonyl (C=O) groups excluding carboxylic acids is 2. The van der Waals surface area contributed by atoms with E-state index in [0.717, 1.165) is 12.8 Å². The van der Waals surface area contributed by atoms with Crippen LogP contribution >= 0.6 is 0 Å². The number of rotatable bonds is 5. The molecule has 17 heavy (non-hydrogen) atoms. The molecule has 0 aliphatic heterocycles. The fraction of sp³-hybridized carbons (Fsp3) is 0.833. The minimum atomic E-state index is -0.201. The van der Waals surface area contributed by atoms with E-state index in [9.17, 15) is 9.59 Å². The van der Waals surface area contributed by atoms with Crippen molar-refractivity contribution in [1.29, 1.82) is 0 Å². The molecule has 5 heteroatoms. The highest BCUT2D eigenvalue weighted by molar-refractivity contribution is 5.75. The third kappa shape index (κ3) is 6.14. The molecule has 0 saturated carbocycles. The molecule has 0 saturated heterocycles. The molecule has 5 nitrogen and oxygen atoms in total. The number of carbonyl (C=O) groups is 2. The molecule has 0 aromatic heterocycles. The van der Waals surface area contributed by atoms with Crippen molar-refractivity contribution >= 4 is 11.9 Å². The fourth-order valence-electron chi connectivity index (χ4n) is 1.56. The Hall–Kier alpha value is -1.26. The monoisotopic (exact) mass is 243 g/mol. The summed E-state index contributed by atoms with van der Waals surface area (Å²) in [7, 11) is 3.26. The SMILES string of the molecule is CNC(=O)CCCCN(C(=O)NC)C(C)(C)C. The average Bonchev–Trinajstić information content (AvgIpc) is 2.25. The van der Waals surface area contributed by atoms with Crippen molar-refractivity contribution in [1.82, 2.24) is 15.5 Å². The Bertz CT molecular complexity index is 259. The molecule has 0 aromatic carbocycles. The van der Waals surface area contributed by atoms with Crippen molar-refractivity contribution in [2.24, 2.45) is 0 Å². The van der Waals surface area contributed by atoms with Gasteiger partial charge in [-0.25, -0.2) is 4.79 Å². The standard InChI is InChI=1S/C12H25N3O2/c1-12(2,3)15(11(17)14-5)9-7-6-8-10(16)13-4/h6-9H2,1-5H3,(H,13,16)(H,14,17). The van der Waals surface area contributed by atoms with Crippen LogP contribution in [0.15, 0.2) is 0 Å². The summed E-state index contributed by atoms with van der Waals surface area (Å²) in [5.74, 6) is 0.0484. The molecule has 3 amide bonds. The quantitative estimate of drug-likeness (QED) is 0.716. The van der Waals surface area contributed by atoms with Gasteiger partial charge in [0, 0.05) is 32.6 Å². The first kappa shape index (κ1) is 15.7. The Balaban J connectivity index is 4.11. The van der Waals surface area contributed by atoms with E-state index in [1.165, 1.54) is 0 Å². The summed E-state index contributed by atoms with van der Waals surface area (Å²) in [6.07, 6.45) is 2.14. The molecule has 0 atom stereocenters. The first-order valence-corrected chi connectivity index (χ1v) is 6.03. The van der Waals surface area contributed by atoms with Crippen LogP contribution in [0.5, 0.6) is 0 Å². The summed E-state index contributed by atoms with van der Waals surface area (Å²) in [4.78, 5) is 24.5. The van der Waals surface area contributed by atoms with Gasteiger partial charge in [0.25, 0.3) is 0 Å². The van der Waals surface area contributed by atoms with Crippen molar-refractivity contribution in [3.63, 3.8) is 0 Å². The van der Waals surface area contributed by atoms with E-state index in [2.05, 4.69) is 10.6 Å². The molecule has 2 N–H and O–H groups in total. The topological polar surface area (TPSA) is 61.4 Å². The summed E-state index contributed by atoms with van der Waals surface area (Å²) in [5, 5.41) is 5.23. The number of hydrogen-bond donors (Lipinski definition) is 2. The molecule has 0 aliphatic rings. The van der Waals surface area contributed by atoms with Gasteiger partial charge in [-0.05, 0) is 33.6 Å². The first-order chi connectivity index (χ1) is 7.82. The summed E-state index contributed by atoms with van der Waals surface area (Å²) < 4.78 is 0. The molecule has 0 aliphatic carbocycles. The predicted octanol–water partition coefficient (Wildman–Crippen LogP) is 1.34. The second-order valence-electron chi connectivity index (χ2n) is 5.01. The number of hydrogen-bond acceptors (Lipinski definition) is 2. The largest absolute Gasteiger partial charge is 0.359 e. The van der Waals surface area contributed by atoms with E-state index in [4.69, 9.17) is 0 Å². The van der Waals surface area contributed by atoms with Gasteiger partial charge in [0.15, 0.2) is 0 Å². The van der Waals surface area contributed by atoms with Crippen LogP contribution in [0.4, 0.5) is 4.79 Å². The minimum absolute atomic E-state index is 0.0484. The van der Waals surface area contributed by atoms with Crippen LogP contribution in [-0.2, 0) is 4.79 Å². The second-order valence-corrected chi connectivity index (χ2v) is 5.01. The Morgan fingerprint density at radius 3 is 2.06 bits per heavy atom. The third-order valence-corrected chi connectivity index (χ3v) is 2.58. The Labute approximate surface area is 104 Å². The molecule has 0 unspecified atom stereocenters. The average molecular weight is 243 g/mol. The highest BCUT2D eigenvalue weighted by Gasteiger charge is 2.24. The van der Waals surface area contributed by atoms with Gasteiger partial charge in [-0.15, -0.1) is 0 Å². The van der Waals surface area contributed by atoms with E-state index in [-0.39, 0.29) is 17.5 Å². The van der Waals surface area contributed by atoms with Crippen molar-refractivity contribution in [2.75, 3.05) is 20.6 Å². The van der Waals surface area contributed by atoms with Crippen molar-refractivity contribution in [3.8, 4) is 0 Å². The van der Waals surface area contributed by atoms with E-state index in [0.29, 0.717) is 13.0 Å². The summed E-state index contributed by atoms with van der Waals surface area (Å²) in [6.45, 7) is 6.67. The molecule has 0 fully saturated rings. The van der Waals surface area contributed by atoms with E-state index < -0.39 is 0 Å². The molecule has 0 aromatic rings. The summed E-state index contributed by atoms with van der Waals surface area (Å²) >= 11 is 0. The lowest BCUT2D eigenvalue weighted by Gasteiger charge is -2.35. The Morgan fingerprint density at radius 1 is 1.06 bits per heavy atom. The minimum Gasteiger partial charge on any atom is -0.359 e. The van der Waals surface area contributed by atoms with Gasteiger partial charge in [0.1, 0.15) is 0 Å². The number of urea groups is 1. The van der Waals surface area contributed by atoms with Gasteiger partial charge >= 0.3 is 6.03 Å². The zero-order valence-corrected chi connectivity index (χ0v) is 11.6. The summed E-state index contributed by atoms with van der Waals surface area (Å²) in [5.41, 5.74) is -0.201. The van der Waals surface area contributed by atoms with Crippen LogP contribution in [0.2, 0.25) is 0 Å². The smallest absolute Gasteiger partial charge is 0.317 e. The zero-order valence-electron chi connectivity index (χ0n) is 11.6. The van der Waals surface area contributed by atoms with Gasteiger partial charge in [-0.3, -0.25) is 4.79 Å². The van der Waals surface area contributed by atoms with E-state index >= 15 is 0 Å². The number of nitrogens with zero attached hydrogens (tertiary/aromatic N) is 1. The molecule has 0 heterocycles. The van der Waals surface area contributed by atoms with Crippen LogP contribution in [0.3, 0.4) is 0 Å². The maximum atomic E-state index is 11.7. The van der Waals surface area contributed by atoms with Gasteiger partial charge < -0.3 is 15.5 Å². The normalized spacial score (nSPS) is 10.9. The van der Waals surface area contributed by atoms with Gasteiger partial charge in [0.2, 0.25) is 5.91 Å². The van der Waals surface area contributed by atoms with Crippen molar-refractivity contribution < 1.29 is 9.59 Å². The second kappa shape index (κ2) is 7.14. The Morgan fingerprint density at radius 2 is 1.65 bits per heavy atom. The summed E-state index contributed by atoms with van der Waals surface area (Å²) in [6, 6.07) is -0.0718. The lowest BCUT2D eigenvalue weighted by molar-refractivity contribution is -0.120. The zero-order chi connectivity index (χ0) is 13.5. The molecular formula is C12H25N3O2. The van der Waals surface area contributed by atoms with Crippen LogP contribution in [-0.4, -0.2) is 43.0 Å². The van der Waals surface area contributed by atoms with Crippen LogP contribution in [0, 0.1) is 0 Å². The maximum Gasteiger partial charge on any atom is 0.317 e. The molecular weight excluding hydrogens is 218 g/mol. The fourth-order valence-corrected chi connectivity index (χ4v) is 1.56. The lowest BCUT2D eigenvalue weighted by atomic mass is 10.1. The maximum absolute atomic E-state index is 11.7. The molecule has 0 spiro atoms. The Kier molecular flexibility index (Phi) is 6.61. The first-order valence-electron chi connectivity index (χ1n) is 6.03. The van der Waals surface area contributed by atoms with Gasteiger partial charge in [0.05, 0.1) is 0 Å². The number of amides is 3. The van der Waals surface area contributed by atoms with Crippen molar-refractivity contribution in [2.45, 2.75) is 45.6 Å². The van der Waals surface area contributed by atoms with Crippen molar-refractivity contribution in [3.05, 3.63) is 0 Å². The highest BCUT2D eigenvalue weighted by atomic mass is 16.2.